The van der Waals surface area contributed by atoms with Gasteiger partial charge in [0.05, 0.1) is 0 Å². The second-order valence-corrected chi connectivity index (χ2v) is 4.10. The van der Waals surface area contributed by atoms with Gasteiger partial charge in [-0.3, -0.25) is 0 Å². The highest BCUT2D eigenvalue weighted by atomic mass is 79.9. The number of hydrogen-bond acceptors (Lipinski definition) is 1. The van der Waals surface area contributed by atoms with E-state index in [0.717, 1.165) is 10.0 Å². The Balaban J connectivity index is 3.13. The largest absolute Gasteiger partial charge is 0.330 e. The smallest absolute Gasteiger partial charge is 0.127 e. The fourth-order valence-electron chi connectivity index (χ4n) is 1.09. The van der Waals surface area contributed by atoms with Gasteiger partial charge in [-0.15, -0.1) is 0 Å². The summed E-state index contributed by atoms with van der Waals surface area (Å²) in [5.74, 6) is 0.0241. The van der Waals surface area contributed by atoms with Crippen molar-refractivity contribution >= 4 is 15.9 Å². The molecule has 2 N–H and O–H groups in total. The van der Waals surface area contributed by atoms with E-state index in [1.807, 2.05) is 13.0 Å². The normalized spacial score (nSPS) is 13.0. The van der Waals surface area contributed by atoms with E-state index in [1.54, 1.807) is 13.0 Å². The number of hydrogen-bond donors (Lipinski definition) is 1. The molecule has 1 aromatic carbocycles. The SMILES string of the molecule is Cc1c(F)cc(C(C)CN)cc1Br. The average molecular weight is 246 g/mol. The van der Waals surface area contributed by atoms with Gasteiger partial charge in [0, 0.05) is 4.47 Å². The molecule has 1 nitrogen and oxygen atoms in total. The first kappa shape index (κ1) is 10.7. The van der Waals surface area contributed by atoms with Crippen molar-refractivity contribution in [1.82, 2.24) is 0 Å². The standard InChI is InChI=1S/C10H13BrFN/c1-6(5-13)8-3-9(11)7(2)10(12)4-8/h3-4,6H,5,13H2,1-2H3. The summed E-state index contributed by atoms with van der Waals surface area (Å²) in [6.07, 6.45) is 0. The van der Waals surface area contributed by atoms with Crippen LogP contribution in [0.2, 0.25) is 0 Å². The first-order valence-electron chi connectivity index (χ1n) is 4.22. The Labute approximate surface area is 86.3 Å². The Kier molecular flexibility index (Phi) is 3.45. The molecule has 1 atom stereocenters. The lowest BCUT2D eigenvalue weighted by Gasteiger charge is -2.11. The third-order valence-corrected chi connectivity index (χ3v) is 3.05. The first-order chi connectivity index (χ1) is 6.06. The Morgan fingerprint density at radius 2 is 2.15 bits per heavy atom. The van der Waals surface area contributed by atoms with E-state index in [0.29, 0.717) is 12.1 Å². The van der Waals surface area contributed by atoms with E-state index in [1.165, 1.54) is 0 Å². The van der Waals surface area contributed by atoms with Gasteiger partial charge < -0.3 is 5.73 Å². The highest BCUT2D eigenvalue weighted by Gasteiger charge is 2.09. The molecule has 1 unspecified atom stereocenters. The average Bonchev–Trinajstić information content (AvgIpc) is 2.12. The summed E-state index contributed by atoms with van der Waals surface area (Å²) in [5.41, 5.74) is 7.09. The van der Waals surface area contributed by atoms with E-state index < -0.39 is 0 Å². The summed E-state index contributed by atoms with van der Waals surface area (Å²) in [7, 11) is 0. The van der Waals surface area contributed by atoms with Gasteiger partial charge in [-0.25, -0.2) is 4.39 Å². The van der Waals surface area contributed by atoms with Crippen LogP contribution in [-0.4, -0.2) is 6.54 Å². The molecular weight excluding hydrogens is 233 g/mol. The topological polar surface area (TPSA) is 26.0 Å². The molecule has 1 rings (SSSR count). The third-order valence-electron chi connectivity index (χ3n) is 2.23. The molecule has 13 heavy (non-hydrogen) atoms. The van der Waals surface area contributed by atoms with Crippen molar-refractivity contribution in [2.75, 3.05) is 6.54 Å². The molecule has 3 heteroatoms. The summed E-state index contributed by atoms with van der Waals surface area (Å²) in [5, 5.41) is 0. The predicted octanol–water partition coefficient (Wildman–Crippen LogP) is 2.96. The second-order valence-electron chi connectivity index (χ2n) is 3.25. The Morgan fingerprint density at radius 3 is 2.62 bits per heavy atom. The molecular formula is C10H13BrFN. The van der Waals surface area contributed by atoms with Crippen LogP contribution in [0.4, 0.5) is 4.39 Å². The molecule has 0 bridgehead atoms. The third kappa shape index (κ3) is 2.29. The van der Waals surface area contributed by atoms with Crippen LogP contribution in [0.15, 0.2) is 16.6 Å². The molecule has 0 aliphatic rings. The van der Waals surface area contributed by atoms with Crippen molar-refractivity contribution in [1.29, 1.82) is 0 Å². The minimum atomic E-state index is -0.176. The van der Waals surface area contributed by atoms with Gasteiger partial charge in [0.25, 0.3) is 0 Å². The van der Waals surface area contributed by atoms with Gasteiger partial charge >= 0.3 is 0 Å². The van der Waals surface area contributed by atoms with Crippen LogP contribution in [0.25, 0.3) is 0 Å². The van der Waals surface area contributed by atoms with Crippen LogP contribution in [0, 0.1) is 12.7 Å². The maximum Gasteiger partial charge on any atom is 0.127 e. The highest BCUT2D eigenvalue weighted by Crippen LogP contribution is 2.24. The molecule has 0 fully saturated rings. The fourth-order valence-corrected chi connectivity index (χ4v) is 1.54. The van der Waals surface area contributed by atoms with E-state index in [9.17, 15) is 4.39 Å². The van der Waals surface area contributed by atoms with E-state index in [4.69, 9.17) is 5.73 Å². The van der Waals surface area contributed by atoms with Gasteiger partial charge in [0.1, 0.15) is 5.82 Å². The van der Waals surface area contributed by atoms with Gasteiger partial charge in [-0.05, 0) is 42.6 Å². The fraction of sp³-hybridized carbons (Fsp3) is 0.400. The Hall–Kier alpha value is -0.410. The van der Waals surface area contributed by atoms with Crippen molar-refractivity contribution in [2.45, 2.75) is 19.8 Å². The monoisotopic (exact) mass is 245 g/mol. The molecule has 0 aliphatic carbocycles. The summed E-state index contributed by atoms with van der Waals surface area (Å²) in [6, 6.07) is 3.48. The molecule has 0 radical (unpaired) electrons. The number of halogens is 2. The molecule has 0 saturated carbocycles. The number of benzene rings is 1. The van der Waals surface area contributed by atoms with Crippen molar-refractivity contribution in [2.24, 2.45) is 5.73 Å². The molecule has 1 aromatic rings. The van der Waals surface area contributed by atoms with Crippen molar-refractivity contribution in [3.05, 3.63) is 33.5 Å². The Morgan fingerprint density at radius 1 is 1.54 bits per heavy atom. The zero-order valence-corrected chi connectivity index (χ0v) is 9.36. The van der Waals surface area contributed by atoms with Crippen molar-refractivity contribution < 1.29 is 4.39 Å². The first-order valence-corrected chi connectivity index (χ1v) is 5.01. The predicted molar refractivity (Wildman–Crippen MR) is 56.3 cm³/mol. The van der Waals surface area contributed by atoms with Crippen LogP contribution in [0.5, 0.6) is 0 Å². The highest BCUT2D eigenvalue weighted by molar-refractivity contribution is 9.10. The number of nitrogens with two attached hydrogens (primary N) is 1. The minimum absolute atomic E-state index is 0.176. The minimum Gasteiger partial charge on any atom is -0.330 e. The van der Waals surface area contributed by atoms with Crippen LogP contribution in [-0.2, 0) is 0 Å². The maximum atomic E-state index is 13.3. The maximum absolute atomic E-state index is 13.3. The van der Waals surface area contributed by atoms with Crippen LogP contribution in [0.1, 0.15) is 24.0 Å². The van der Waals surface area contributed by atoms with Gasteiger partial charge in [-0.1, -0.05) is 22.9 Å². The molecule has 0 spiro atoms. The number of rotatable bonds is 2. The van der Waals surface area contributed by atoms with Crippen molar-refractivity contribution in [3.8, 4) is 0 Å². The van der Waals surface area contributed by atoms with Gasteiger partial charge in [-0.2, -0.15) is 0 Å². The quantitative estimate of drug-likeness (QED) is 0.852. The van der Waals surface area contributed by atoms with Crippen LogP contribution >= 0.6 is 15.9 Å². The zero-order valence-electron chi connectivity index (χ0n) is 7.77. The van der Waals surface area contributed by atoms with E-state index in [-0.39, 0.29) is 11.7 Å². The molecule has 0 amide bonds. The summed E-state index contributed by atoms with van der Waals surface area (Å²) in [6.45, 7) is 4.27. The van der Waals surface area contributed by atoms with Crippen LogP contribution < -0.4 is 5.73 Å². The molecule has 0 saturated heterocycles. The van der Waals surface area contributed by atoms with Crippen LogP contribution in [0.3, 0.4) is 0 Å². The summed E-state index contributed by atoms with van der Waals surface area (Å²) >= 11 is 3.31. The van der Waals surface area contributed by atoms with E-state index in [2.05, 4.69) is 15.9 Å². The lowest BCUT2D eigenvalue weighted by molar-refractivity contribution is 0.611. The van der Waals surface area contributed by atoms with E-state index >= 15 is 0 Å². The zero-order chi connectivity index (χ0) is 10.0. The lowest BCUT2D eigenvalue weighted by Crippen LogP contribution is -2.09. The summed E-state index contributed by atoms with van der Waals surface area (Å²) in [4.78, 5) is 0. The molecule has 72 valence electrons. The van der Waals surface area contributed by atoms with Gasteiger partial charge in [0.2, 0.25) is 0 Å². The second kappa shape index (κ2) is 4.20. The Bertz CT molecular complexity index is 289. The molecule has 0 heterocycles. The molecule has 0 aliphatic heterocycles. The van der Waals surface area contributed by atoms with Gasteiger partial charge in [0.15, 0.2) is 0 Å². The molecule has 0 aromatic heterocycles. The summed E-state index contributed by atoms with van der Waals surface area (Å²) < 4.78 is 14.1. The van der Waals surface area contributed by atoms with Crippen molar-refractivity contribution in [3.63, 3.8) is 0 Å². The lowest BCUT2D eigenvalue weighted by atomic mass is 10.00.